The first-order valence-corrected chi connectivity index (χ1v) is 11.4. The predicted molar refractivity (Wildman–Crippen MR) is 115 cm³/mol. The van der Waals surface area contributed by atoms with Crippen molar-refractivity contribution < 1.29 is 18.0 Å². The summed E-state index contributed by atoms with van der Waals surface area (Å²) in [5.74, 6) is -1.78. The third-order valence-corrected chi connectivity index (χ3v) is 7.47. The monoisotopic (exact) mass is 439 g/mol. The molecule has 0 radical (unpaired) electrons. The summed E-state index contributed by atoms with van der Waals surface area (Å²) >= 11 is 0. The highest BCUT2D eigenvalue weighted by Gasteiger charge is 2.30. The molecular weight excluding hydrogens is 418 g/mol. The fourth-order valence-electron chi connectivity index (χ4n) is 3.57. The molecule has 10 heteroatoms. The van der Waals surface area contributed by atoms with Crippen molar-refractivity contribution in [1.29, 1.82) is 0 Å². The predicted octanol–water partition coefficient (Wildman–Crippen LogP) is 2.77. The minimum absolute atomic E-state index is 0.222. The van der Waals surface area contributed by atoms with Gasteiger partial charge in [-0.25, -0.2) is 8.42 Å². The molecule has 1 saturated carbocycles. The highest BCUT2D eigenvalue weighted by molar-refractivity contribution is 7.92. The number of amides is 2. The molecule has 0 atom stereocenters. The van der Waals surface area contributed by atoms with E-state index in [1.165, 1.54) is 30.5 Å². The van der Waals surface area contributed by atoms with E-state index in [9.17, 15) is 18.0 Å². The molecule has 3 aromatic rings. The summed E-state index contributed by atoms with van der Waals surface area (Å²) in [5.41, 5.74) is 1.68. The Morgan fingerprint density at radius 1 is 0.968 bits per heavy atom. The SMILES string of the molecule is O=C(Nc1ccc(S(=O)(=O)C2CCCC2)cc1)C(=O)Nc1cn[nH]c1-c1ccccn1. The third-order valence-electron chi connectivity index (χ3n) is 5.20. The Bertz CT molecular complexity index is 1180. The van der Waals surface area contributed by atoms with E-state index in [0.29, 0.717) is 35.6 Å². The first kappa shape index (κ1) is 20.7. The Hall–Kier alpha value is -3.53. The Balaban J connectivity index is 1.41. The molecule has 0 aliphatic heterocycles. The zero-order valence-corrected chi connectivity index (χ0v) is 17.4. The van der Waals surface area contributed by atoms with Gasteiger partial charge < -0.3 is 10.6 Å². The number of sulfone groups is 1. The normalized spacial score (nSPS) is 14.3. The lowest BCUT2D eigenvalue weighted by Crippen LogP contribution is -2.29. The molecule has 2 heterocycles. The molecule has 4 rings (SSSR count). The van der Waals surface area contributed by atoms with Crippen molar-refractivity contribution in [3.8, 4) is 11.4 Å². The Morgan fingerprint density at radius 3 is 2.35 bits per heavy atom. The second-order valence-corrected chi connectivity index (χ2v) is 9.49. The van der Waals surface area contributed by atoms with Gasteiger partial charge in [0.05, 0.1) is 27.7 Å². The van der Waals surface area contributed by atoms with Crippen molar-refractivity contribution in [2.45, 2.75) is 35.8 Å². The van der Waals surface area contributed by atoms with Crippen LogP contribution in [0.1, 0.15) is 25.7 Å². The number of nitrogens with zero attached hydrogens (tertiary/aromatic N) is 2. The number of hydrogen-bond acceptors (Lipinski definition) is 6. The zero-order valence-electron chi connectivity index (χ0n) is 16.5. The molecule has 0 saturated heterocycles. The van der Waals surface area contributed by atoms with Crippen molar-refractivity contribution in [2.24, 2.45) is 0 Å². The molecule has 0 spiro atoms. The first-order valence-electron chi connectivity index (χ1n) is 9.86. The van der Waals surface area contributed by atoms with Gasteiger partial charge >= 0.3 is 11.8 Å². The van der Waals surface area contributed by atoms with Crippen LogP contribution in [0, 0.1) is 0 Å². The van der Waals surface area contributed by atoms with Crippen LogP contribution in [0.2, 0.25) is 0 Å². The molecule has 0 bridgehead atoms. The van der Waals surface area contributed by atoms with Crippen molar-refractivity contribution in [3.63, 3.8) is 0 Å². The molecule has 9 nitrogen and oxygen atoms in total. The minimum Gasteiger partial charge on any atom is -0.318 e. The van der Waals surface area contributed by atoms with Gasteiger partial charge in [0.1, 0.15) is 5.69 Å². The van der Waals surface area contributed by atoms with Crippen molar-refractivity contribution in [2.75, 3.05) is 10.6 Å². The van der Waals surface area contributed by atoms with Gasteiger partial charge in [-0.2, -0.15) is 5.10 Å². The van der Waals surface area contributed by atoms with E-state index < -0.39 is 21.7 Å². The van der Waals surface area contributed by atoms with Gasteiger partial charge in [-0.3, -0.25) is 19.7 Å². The summed E-state index contributed by atoms with van der Waals surface area (Å²) in [6.45, 7) is 0. The molecule has 31 heavy (non-hydrogen) atoms. The van der Waals surface area contributed by atoms with Crippen LogP contribution in [0.5, 0.6) is 0 Å². The fourth-order valence-corrected chi connectivity index (χ4v) is 5.43. The summed E-state index contributed by atoms with van der Waals surface area (Å²) in [6, 6.07) is 11.2. The first-order chi connectivity index (χ1) is 14.9. The zero-order chi connectivity index (χ0) is 21.8. The summed E-state index contributed by atoms with van der Waals surface area (Å²) in [6.07, 6.45) is 6.19. The van der Waals surface area contributed by atoms with Crippen molar-refractivity contribution in [1.82, 2.24) is 15.2 Å². The summed E-state index contributed by atoms with van der Waals surface area (Å²) < 4.78 is 25.3. The topological polar surface area (TPSA) is 134 Å². The molecule has 3 N–H and O–H groups in total. The number of benzene rings is 1. The quantitative estimate of drug-likeness (QED) is 0.524. The maximum Gasteiger partial charge on any atom is 0.314 e. The average molecular weight is 439 g/mol. The Kier molecular flexibility index (Phi) is 5.81. The van der Waals surface area contributed by atoms with E-state index in [-0.39, 0.29) is 10.1 Å². The lowest BCUT2D eigenvalue weighted by molar-refractivity contribution is -0.132. The van der Waals surface area contributed by atoms with Gasteiger partial charge in [-0.1, -0.05) is 18.9 Å². The molecule has 1 aliphatic carbocycles. The van der Waals surface area contributed by atoms with E-state index in [1.54, 1.807) is 24.4 Å². The van der Waals surface area contributed by atoms with Crippen molar-refractivity contribution >= 4 is 33.0 Å². The van der Waals surface area contributed by atoms with Gasteiger partial charge in [0.25, 0.3) is 0 Å². The highest BCUT2D eigenvalue weighted by atomic mass is 32.2. The number of aromatic nitrogens is 3. The largest absolute Gasteiger partial charge is 0.318 e. The van der Waals surface area contributed by atoms with Gasteiger partial charge in [-0.15, -0.1) is 0 Å². The number of carbonyl (C=O) groups excluding carboxylic acids is 2. The average Bonchev–Trinajstić information content (AvgIpc) is 3.47. The van der Waals surface area contributed by atoms with Gasteiger partial charge in [-0.05, 0) is 49.2 Å². The third kappa shape index (κ3) is 4.48. The van der Waals surface area contributed by atoms with Crippen LogP contribution in [0.25, 0.3) is 11.4 Å². The second kappa shape index (κ2) is 8.68. The number of carbonyl (C=O) groups is 2. The summed E-state index contributed by atoms with van der Waals surface area (Å²) in [7, 11) is -3.37. The summed E-state index contributed by atoms with van der Waals surface area (Å²) in [4.78, 5) is 29.0. The van der Waals surface area contributed by atoms with Crippen LogP contribution in [-0.4, -0.2) is 40.7 Å². The number of hydrogen-bond donors (Lipinski definition) is 3. The minimum atomic E-state index is -3.37. The molecule has 160 valence electrons. The van der Waals surface area contributed by atoms with E-state index in [4.69, 9.17) is 0 Å². The van der Waals surface area contributed by atoms with E-state index in [1.807, 2.05) is 0 Å². The standard InChI is InChI=1S/C21H21N5O4S/c27-20(21(28)25-18-13-23-26-19(18)17-7-3-4-12-22-17)24-14-8-10-16(11-9-14)31(29,30)15-5-1-2-6-15/h3-4,7-13,15H,1-2,5-6H2,(H,23,26)(H,24,27)(H,25,28). The molecule has 2 aromatic heterocycles. The highest BCUT2D eigenvalue weighted by Crippen LogP contribution is 2.30. The maximum absolute atomic E-state index is 12.6. The molecule has 1 aliphatic rings. The lowest BCUT2D eigenvalue weighted by atomic mass is 10.2. The van der Waals surface area contributed by atoms with Crippen molar-refractivity contribution in [3.05, 3.63) is 54.9 Å². The van der Waals surface area contributed by atoms with Crippen LogP contribution < -0.4 is 10.6 Å². The number of anilines is 2. The number of aromatic amines is 1. The molecule has 0 unspecified atom stereocenters. The van der Waals surface area contributed by atoms with Gasteiger partial charge in [0, 0.05) is 11.9 Å². The van der Waals surface area contributed by atoms with Gasteiger partial charge in [0.2, 0.25) is 0 Å². The Morgan fingerprint density at radius 2 is 1.68 bits per heavy atom. The fraction of sp³-hybridized carbons (Fsp3) is 0.238. The van der Waals surface area contributed by atoms with E-state index in [0.717, 1.165) is 12.8 Å². The number of H-pyrrole nitrogens is 1. The van der Waals surface area contributed by atoms with E-state index >= 15 is 0 Å². The Labute approximate surface area is 179 Å². The molecule has 1 fully saturated rings. The number of pyridine rings is 1. The second-order valence-electron chi connectivity index (χ2n) is 7.26. The van der Waals surface area contributed by atoms with Crippen LogP contribution >= 0.6 is 0 Å². The smallest absolute Gasteiger partial charge is 0.314 e. The number of rotatable bonds is 5. The van der Waals surface area contributed by atoms with Gasteiger partial charge in [0.15, 0.2) is 9.84 Å². The number of nitrogens with one attached hydrogen (secondary N) is 3. The molecule has 1 aromatic carbocycles. The maximum atomic E-state index is 12.6. The summed E-state index contributed by atoms with van der Waals surface area (Å²) in [5, 5.41) is 11.3. The molecular formula is C21H21N5O4S. The van der Waals surface area contributed by atoms with Crippen LogP contribution in [0.15, 0.2) is 59.8 Å². The van der Waals surface area contributed by atoms with Crippen LogP contribution in [0.3, 0.4) is 0 Å². The lowest BCUT2D eigenvalue weighted by Gasteiger charge is -2.12. The van der Waals surface area contributed by atoms with E-state index in [2.05, 4.69) is 25.8 Å². The molecule has 2 amide bonds. The van der Waals surface area contributed by atoms with Crippen LogP contribution in [-0.2, 0) is 19.4 Å². The van der Waals surface area contributed by atoms with Crippen LogP contribution in [0.4, 0.5) is 11.4 Å².